The van der Waals surface area contributed by atoms with Crippen LogP contribution in [-0.2, 0) is 9.59 Å². The lowest BCUT2D eigenvalue weighted by Crippen LogP contribution is -2.44. The van der Waals surface area contributed by atoms with E-state index in [9.17, 15) is 9.59 Å². The van der Waals surface area contributed by atoms with Crippen molar-refractivity contribution in [2.45, 2.75) is 26.2 Å². The van der Waals surface area contributed by atoms with Crippen molar-refractivity contribution in [3.05, 3.63) is 24.3 Å². The monoisotopic (exact) mass is 320 g/mol. The second kappa shape index (κ2) is 7.85. The van der Waals surface area contributed by atoms with Crippen molar-refractivity contribution in [2.24, 2.45) is 5.41 Å². The fraction of sp³-hybridized carbons (Fsp3) is 0.529. The van der Waals surface area contributed by atoms with E-state index >= 15 is 0 Å². The van der Waals surface area contributed by atoms with Gasteiger partial charge < -0.3 is 20.1 Å². The van der Waals surface area contributed by atoms with Gasteiger partial charge in [0, 0.05) is 6.54 Å². The Labute approximate surface area is 136 Å². The summed E-state index contributed by atoms with van der Waals surface area (Å²) in [7, 11) is 1.61. The van der Waals surface area contributed by atoms with E-state index in [1.165, 1.54) is 0 Å². The number of carbonyl (C=O) groups excluding carboxylic acids is 2. The van der Waals surface area contributed by atoms with Crippen LogP contribution in [0.4, 0.5) is 0 Å². The fourth-order valence-corrected chi connectivity index (χ4v) is 2.26. The lowest BCUT2D eigenvalue weighted by molar-refractivity contribution is -0.137. The average molecular weight is 320 g/mol. The molecule has 6 heteroatoms. The number of benzene rings is 1. The molecule has 1 saturated carbocycles. The summed E-state index contributed by atoms with van der Waals surface area (Å²) in [5.74, 6) is 1.11. The Hall–Kier alpha value is -2.24. The van der Waals surface area contributed by atoms with Gasteiger partial charge in [0.05, 0.1) is 13.7 Å². The maximum Gasteiger partial charge on any atom is 0.235 e. The zero-order chi connectivity index (χ0) is 16.7. The molecule has 6 nitrogen and oxygen atoms in total. The second-order valence-electron chi connectivity index (χ2n) is 5.62. The van der Waals surface area contributed by atoms with E-state index in [0.717, 1.165) is 12.2 Å². The maximum absolute atomic E-state index is 12.2. The number of nitrogens with one attached hydrogen (secondary N) is 2. The molecule has 0 aliphatic heterocycles. The van der Waals surface area contributed by atoms with E-state index < -0.39 is 5.41 Å². The van der Waals surface area contributed by atoms with Crippen LogP contribution in [0.3, 0.4) is 0 Å². The Morgan fingerprint density at radius 2 is 1.61 bits per heavy atom. The molecule has 126 valence electrons. The molecule has 23 heavy (non-hydrogen) atoms. The van der Waals surface area contributed by atoms with Crippen LogP contribution >= 0.6 is 0 Å². The van der Waals surface area contributed by atoms with Crippen molar-refractivity contribution in [1.29, 1.82) is 0 Å². The first-order valence-electron chi connectivity index (χ1n) is 7.96. The van der Waals surface area contributed by atoms with Crippen molar-refractivity contribution in [3.63, 3.8) is 0 Å². The minimum absolute atomic E-state index is 0.159. The number of amides is 2. The number of methoxy groups -OCH3 is 1. The summed E-state index contributed by atoms with van der Waals surface area (Å²) in [6, 6.07) is 7.23. The largest absolute Gasteiger partial charge is 0.497 e. The van der Waals surface area contributed by atoms with E-state index in [1.807, 2.05) is 19.1 Å². The first-order valence-corrected chi connectivity index (χ1v) is 7.96. The van der Waals surface area contributed by atoms with Crippen LogP contribution in [0.15, 0.2) is 24.3 Å². The summed E-state index contributed by atoms with van der Waals surface area (Å²) in [5, 5.41) is 5.59. The predicted molar refractivity (Wildman–Crippen MR) is 86.5 cm³/mol. The molecule has 0 unspecified atom stereocenters. The number of hydrogen-bond donors (Lipinski definition) is 2. The lowest BCUT2D eigenvalue weighted by atomic mass is 10.1. The standard InChI is InChI=1S/C17H24N2O4/c1-3-10-18-15(20)17(8-9-17)16(21)19-11-12-23-14-6-4-13(22-2)5-7-14/h4-7H,3,8-12H2,1-2H3,(H,18,20)(H,19,21). The molecular weight excluding hydrogens is 296 g/mol. The highest BCUT2D eigenvalue weighted by Crippen LogP contribution is 2.46. The van der Waals surface area contributed by atoms with E-state index in [2.05, 4.69) is 10.6 Å². The molecule has 0 saturated heterocycles. The summed E-state index contributed by atoms with van der Waals surface area (Å²) >= 11 is 0. The minimum Gasteiger partial charge on any atom is -0.497 e. The molecule has 1 fully saturated rings. The predicted octanol–water partition coefficient (Wildman–Crippen LogP) is 1.50. The van der Waals surface area contributed by atoms with Crippen LogP contribution in [0, 0.1) is 5.41 Å². The molecule has 1 aromatic carbocycles. The quantitative estimate of drug-likeness (QED) is 0.534. The molecule has 0 bridgehead atoms. The van der Waals surface area contributed by atoms with Gasteiger partial charge in [-0.2, -0.15) is 0 Å². The molecule has 0 heterocycles. The van der Waals surface area contributed by atoms with E-state index in [0.29, 0.717) is 38.3 Å². The molecule has 1 aromatic rings. The van der Waals surface area contributed by atoms with Crippen LogP contribution < -0.4 is 20.1 Å². The molecule has 2 rings (SSSR count). The third-order valence-electron chi connectivity index (χ3n) is 3.87. The van der Waals surface area contributed by atoms with Gasteiger partial charge in [-0.3, -0.25) is 9.59 Å². The van der Waals surface area contributed by atoms with Crippen molar-refractivity contribution >= 4 is 11.8 Å². The zero-order valence-corrected chi connectivity index (χ0v) is 13.7. The maximum atomic E-state index is 12.2. The molecule has 0 spiro atoms. The number of ether oxygens (including phenoxy) is 2. The van der Waals surface area contributed by atoms with Crippen LogP contribution in [0.25, 0.3) is 0 Å². The minimum atomic E-state index is -0.852. The van der Waals surface area contributed by atoms with Gasteiger partial charge in [0.1, 0.15) is 23.5 Å². The van der Waals surface area contributed by atoms with Crippen molar-refractivity contribution < 1.29 is 19.1 Å². The second-order valence-corrected chi connectivity index (χ2v) is 5.62. The molecule has 0 radical (unpaired) electrons. The van der Waals surface area contributed by atoms with Crippen molar-refractivity contribution in [1.82, 2.24) is 10.6 Å². The van der Waals surface area contributed by atoms with Gasteiger partial charge in [-0.1, -0.05) is 6.92 Å². The Morgan fingerprint density at radius 3 is 2.13 bits per heavy atom. The first kappa shape index (κ1) is 17.1. The zero-order valence-electron chi connectivity index (χ0n) is 13.7. The van der Waals surface area contributed by atoms with Crippen LogP contribution in [0.2, 0.25) is 0 Å². The summed E-state index contributed by atoms with van der Waals surface area (Å²) < 4.78 is 10.6. The Morgan fingerprint density at radius 1 is 1.04 bits per heavy atom. The van der Waals surface area contributed by atoms with E-state index in [-0.39, 0.29) is 11.8 Å². The summed E-state index contributed by atoms with van der Waals surface area (Å²) in [6.45, 7) is 3.31. The topological polar surface area (TPSA) is 76.7 Å². The lowest BCUT2D eigenvalue weighted by Gasteiger charge is -2.15. The molecule has 0 aromatic heterocycles. The van der Waals surface area contributed by atoms with Gasteiger partial charge in [-0.15, -0.1) is 0 Å². The molecule has 2 amide bonds. The average Bonchev–Trinajstić information content (AvgIpc) is 3.39. The normalized spacial score (nSPS) is 14.7. The first-order chi connectivity index (χ1) is 11.1. The SMILES string of the molecule is CCCNC(=O)C1(C(=O)NCCOc2ccc(OC)cc2)CC1. The number of rotatable bonds is 9. The van der Waals surface area contributed by atoms with Crippen molar-refractivity contribution in [3.8, 4) is 11.5 Å². The highest BCUT2D eigenvalue weighted by Gasteiger charge is 2.56. The fourth-order valence-electron chi connectivity index (χ4n) is 2.26. The third kappa shape index (κ3) is 4.37. The van der Waals surface area contributed by atoms with Gasteiger partial charge in [0.25, 0.3) is 0 Å². The van der Waals surface area contributed by atoms with Gasteiger partial charge >= 0.3 is 0 Å². The highest BCUT2D eigenvalue weighted by molar-refractivity contribution is 6.07. The Bertz CT molecular complexity index is 538. The third-order valence-corrected chi connectivity index (χ3v) is 3.87. The van der Waals surface area contributed by atoms with Crippen LogP contribution in [0.1, 0.15) is 26.2 Å². The van der Waals surface area contributed by atoms with Gasteiger partial charge in [0.15, 0.2) is 0 Å². The molecule has 1 aliphatic carbocycles. The summed E-state index contributed by atoms with van der Waals surface area (Å²) in [5.41, 5.74) is -0.852. The summed E-state index contributed by atoms with van der Waals surface area (Å²) in [6.07, 6.45) is 2.10. The Kier molecular flexibility index (Phi) is 5.84. The number of hydrogen-bond acceptors (Lipinski definition) is 4. The van der Waals surface area contributed by atoms with Crippen LogP contribution in [-0.4, -0.2) is 38.6 Å². The molecular formula is C17H24N2O4. The smallest absolute Gasteiger partial charge is 0.235 e. The van der Waals surface area contributed by atoms with E-state index in [4.69, 9.17) is 9.47 Å². The number of carbonyl (C=O) groups is 2. The molecule has 0 atom stereocenters. The Balaban J connectivity index is 1.71. The molecule has 2 N–H and O–H groups in total. The van der Waals surface area contributed by atoms with Gasteiger partial charge in [-0.25, -0.2) is 0 Å². The van der Waals surface area contributed by atoms with Gasteiger partial charge in [0.2, 0.25) is 11.8 Å². The molecule has 1 aliphatic rings. The van der Waals surface area contributed by atoms with Gasteiger partial charge in [-0.05, 0) is 43.5 Å². The van der Waals surface area contributed by atoms with E-state index in [1.54, 1.807) is 19.2 Å². The van der Waals surface area contributed by atoms with Crippen molar-refractivity contribution in [2.75, 3.05) is 26.8 Å². The van der Waals surface area contributed by atoms with Crippen LogP contribution in [0.5, 0.6) is 11.5 Å². The summed E-state index contributed by atoms with van der Waals surface area (Å²) in [4.78, 5) is 24.2. The highest BCUT2D eigenvalue weighted by atomic mass is 16.5.